The van der Waals surface area contributed by atoms with Crippen molar-refractivity contribution in [2.45, 2.75) is 59.8 Å². The van der Waals surface area contributed by atoms with Gasteiger partial charge in [-0.15, -0.1) is 0 Å². The first-order chi connectivity index (χ1) is 7.07. The van der Waals surface area contributed by atoms with E-state index in [4.69, 9.17) is 4.74 Å². The molecule has 2 nitrogen and oxygen atoms in total. The lowest BCUT2D eigenvalue weighted by molar-refractivity contribution is -0.148. The Morgan fingerprint density at radius 1 is 1.13 bits per heavy atom. The summed E-state index contributed by atoms with van der Waals surface area (Å²) in [5, 5.41) is 0. The molecule has 0 N–H and O–H groups in total. The molecule has 0 aliphatic rings. The molecule has 0 aliphatic heterocycles. The lowest BCUT2D eigenvalue weighted by Crippen LogP contribution is -2.14. The quantitative estimate of drug-likeness (QED) is 0.454. The normalized spacial score (nSPS) is 12.9. The van der Waals surface area contributed by atoms with Crippen LogP contribution in [0.25, 0.3) is 0 Å². The summed E-state index contributed by atoms with van der Waals surface area (Å²) in [6.45, 7) is 9.00. The van der Waals surface area contributed by atoms with Crippen molar-refractivity contribution in [3.05, 3.63) is 0 Å². The van der Waals surface area contributed by atoms with Gasteiger partial charge in [-0.1, -0.05) is 47.0 Å². The summed E-state index contributed by atoms with van der Waals surface area (Å²) >= 11 is 0. The Balaban J connectivity index is 3.27. The van der Waals surface area contributed by atoms with Crippen LogP contribution in [-0.4, -0.2) is 12.6 Å². The molecule has 0 rings (SSSR count). The molecule has 1 unspecified atom stereocenters. The highest BCUT2D eigenvalue weighted by Gasteiger charge is 2.10. The molecule has 0 aromatic carbocycles. The predicted molar refractivity (Wildman–Crippen MR) is 63.7 cm³/mol. The van der Waals surface area contributed by atoms with Gasteiger partial charge in [0.2, 0.25) is 0 Å². The van der Waals surface area contributed by atoms with E-state index in [1.807, 2.05) is 13.8 Å². The highest BCUT2D eigenvalue weighted by atomic mass is 16.5. The summed E-state index contributed by atoms with van der Waals surface area (Å²) in [6.07, 6.45) is 5.57. The maximum Gasteiger partial charge on any atom is 0.308 e. The molecule has 0 bridgehead atoms. The molecule has 0 aromatic rings. The summed E-state index contributed by atoms with van der Waals surface area (Å²) in [7, 11) is 0. The molecule has 0 radical (unpaired) electrons. The van der Waals surface area contributed by atoms with Crippen LogP contribution in [0, 0.1) is 11.8 Å². The number of hydrogen-bond donors (Lipinski definition) is 0. The fourth-order valence-electron chi connectivity index (χ4n) is 1.31. The lowest BCUT2D eigenvalue weighted by atomic mass is 10.1. The van der Waals surface area contributed by atoms with Gasteiger partial charge in [0, 0.05) is 0 Å². The lowest BCUT2D eigenvalue weighted by Gasteiger charge is -2.09. The second-order valence-corrected chi connectivity index (χ2v) is 4.72. The smallest absolute Gasteiger partial charge is 0.308 e. The van der Waals surface area contributed by atoms with Gasteiger partial charge >= 0.3 is 5.97 Å². The Morgan fingerprint density at radius 3 is 2.33 bits per heavy atom. The fraction of sp³-hybridized carbons (Fsp3) is 0.923. The van der Waals surface area contributed by atoms with Crippen LogP contribution in [0.3, 0.4) is 0 Å². The summed E-state index contributed by atoms with van der Waals surface area (Å²) in [4.78, 5) is 11.3. The van der Waals surface area contributed by atoms with Gasteiger partial charge in [-0.05, 0) is 18.8 Å². The zero-order chi connectivity index (χ0) is 11.7. The first-order valence-corrected chi connectivity index (χ1v) is 6.24. The topological polar surface area (TPSA) is 26.3 Å². The van der Waals surface area contributed by atoms with E-state index in [0.717, 1.165) is 18.8 Å². The van der Waals surface area contributed by atoms with E-state index in [1.165, 1.54) is 19.3 Å². The number of carbonyl (C=O) groups is 1. The van der Waals surface area contributed by atoms with Gasteiger partial charge in [0.25, 0.3) is 0 Å². The summed E-state index contributed by atoms with van der Waals surface area (Å²) in [5.41, 5.74) is 0. The average molecular weight is 214 g/mol. The van der Waals surface area contributed by atoms with Crippen molar-refractivity contribution < 1.29 is 9.53 Å². The molecule has 1 atom stereocenters. The van der Waals surface area contributed by atoms with Crippen LogP contribution in [0.2, 0.25) is 0 Å². The number of unbranched alkanes of at least 4 members (excludes halogenated alkanes) is 2. The SMILES string of the molecule is CCC(C)C(=O)OCCCCCC(C)C. The highest BCUT2D eigenvalue weighted by molar-refractivity contribution is 5.71. The summed E-state index contributed by atoms with van der Waals surface area (Å²) < 4.78 is 5.16. The van der Waals surface area contributed by atoms with E-state index < -0.39 is 0 Å². The molecule has 0 heterocycles. The zero-order valence-corrected chi connectivity index (χ0v) is 10.7. The van der Waals surface area contributed by atoms with Crippen LogP contribution in [0.5, 0.6) is 0 Å². The number of ether oxygens (including phenoxy) is 1. The molecule has 0 spiro atoms. The van der Waals surface area contributed by atoms with Gasteiger partial charge in [-0.2, -0.15) is 0 Å². The maximum atomic E-state index is 11.3. The average Bonchev–Trinajstić information content (AvgIpc) is 2.21. The summed E-state index contributed by atoms with van der Waals surface area (Å²) in [5.74, 6) is 0.801. The van der Waals surface area contributed by atoms with Gasteiger partial charge in [0.1, 0.15) is 0 Å². The van der Waals surface area contributed by atoms with Gasteiger partial charge in [-0.3, -0.25) is 4.79 Å². The van der Waals surface area contributed by atoms with Crippen molar-refractivity contribution in [2.24, 2.45) is 11.8 Å². The van der Waals surface area contributed by atoms with Crippen molar-refractivity contribution in [3.8, 4) is 0 Å². The predicted octanol–water partition coefficient (Wildman–Crippen LogP) is 3.79. The van der Waals surface area contributed by atoms with Crippen molar-refractivity contribution in [1.82, 2.24) is 0 Å². The Labute approximate surface area is 94.4 Å². The van der Waals surface area contributed by atoms with Crippen molar-refractivity contribution in [1.29, 1.82) is 0 Å². The van der Waals surface area contributed by atoms with Crippen molar-refractivity contribution in [3.63, 3.8) is 0 Å². The first kappa shape index (κ1) is 14.5. The van der Waals surface area contributed by atoms with E-state index in [9.17, 15) is 4.79 Å². The molecule has 0 saturated heterocycles. The third kappa shape index (κ3) is 8.46. The second kappa shape index (κ2) is 8.75. The Kier molecular flexibility index (Phi) is 8.44. The van der Waals surface area contributed by atoms with E-state index >= 15 is 0 Å². The van der Waals surface area contributed by atoms with Crippen LogP contribution in [0.15, 0.2) is 0 Å². The number of carbonyl (C=O) groups excluding carboxylic acids is 1. The Morgan fingerprint density at radius 2 is 1.80 bits per heavy atom. The third-order valence-corrected chi connectivity index (χ3v) is 2.68. The molecule has 90 valence electrons. The van der Waals surface area contributed by atoms with E-state index in [0.29, 0.717) is 6.61 Å². The fourth-order valence-corrected chi connectivity index (χ4v) is 1.31. The third-order valence-electron chi connectivity index (χ3n) is 2.68. The van der Waals surface area contributed by atoms with E-state index in [2.05, 4.69) is 13.8 Å². The molecule has 0 amide bonds. The highest BCUT2D eigenvalue weighted by Crippen LogP contribution is 2.09. The van der Waals surface area contributed by atoms with Crippen molar-refractivity contribution >= 4 is 5.97 Å². The molecule has 0 fully saturated rings. The largest absolute Gasteiger partial charge is 0.465 e. The van der Waals surface area contributed by atoms with Crippen LogP contribution in [0.1, 0.15) is 59.8 Å². The molecule has 0 aromatic heterocycles. The van der Waals surface area contributed by atoms with Crippen LogP contribution in [-0.2, 0) is 9.53 Å². The van der Waals surface area contributed by atoms with Gasteiger partial charge in [0.15, 0.2) is 0 Å². The van der Waals surface area contributed by atoms with Crippen molar-refractivity contribution in [2.75, 3.05) is 6.61 Å². The number of rotatable bonds is 8. The molecule has 15 heavy (non-hydrogen) atoms. The number of esters is 1. The van der Waals surface area contributed by atoms with Crippen LogP contribution >= 0.6 is 0 Å². The monoisotopic (exact) mass is 214 g/mol. The number of hydrogen-bond acceptors (Lipinski definition) is 2. The molecular weight excluding hydrogens is 188 g/mol. The second-order valence-electron chi connectivity index (χ2n) is 4.72. The molecule has 0 aliphatic carbocycles. The zero-order valence-electron chi connectivity index (χ0n) is 10.7. The van der Waals surface area contributed by atoms with Crippen LogP contribution < -0.4 is 0 Å². The Bertz CT molecular complexity index is 164. The van der Waals surface area contributed by atoms with Crippen LogP contribution in [0.4, 0.5) is 0 Å². The minimum Gasteiger partial charge on any atom is -0.465 e. The van der Waals surface area contributed by atoms with E-state index in [-0.39, 0.29) is 11.9 Å². The standard InChI is InChI=1S/C13H26O2/c1-5-12(4)13(14)15-10-8-6-7-9-11(2)3/h11-12H,5-10H2,1-4H3. The Hall–Kier alpha value is -0.530. The van der Waals surface area contributed by atoms with Gasteiger partial charge < -0.3 is 4.74 Å². The van der Waals surface area contributed by atoms with Gasteiger partial charge in [0.05, 0.1) is 12.5 Å². The molecule has 2 heteroatoms. The van der Waals surface area contributed by atoms with E-state index in [1.54, 1.807) is 0 Å². The minimum absolute atomic E-state index is 0.0404. The molecule has 0 saturated carbocycles. The van der Waals surface area contributed by atoms with Gasteiger partial charge in [-0.25, -0.2) is 0 Å². The molecular formula is C13H26O2. The summed E-state index contributed by atoms with van der Waals surface area (Å²) in [6, 6.07) is 0. The maximum absolute atomic E-state index is 11.3. The first-order valence-electron chi connectivity index (χ1n) is 6.24. The minimum atomic E-state index is -0.0404.